The fraction of sp³-hybridized carbons (Fsp3) is 0.571. The summed E-state index contributed by atoms with van der Waals surface area (Å²) in [5.41, 5.74) is 2.13. The van der Waals surface area contributed by atoms with Gasteiger partial charge in [-0.2, -0.15) is 17.0 Å². The monoisotopic (exact) mass is 331 g/mol. The second-order valence-corrected chi connectivity index (χ2v) is 7.66. The number of rotatable bonds is 4. The van der Waals surface area contributed by atoms with Crippen molar-refractivity contribution in [3.05, 3.63) is 28.8 Å². The number of anilines is 1. The predicted molar refractivity (Wildman–Crippen MR) is 87.2 cm³/mol. The molecular weight excluding hydrogens is 310 g/mol. The van der Waals surface area contributed by atoms with Crippen molar-refractivity contribution in [3.8, 4) is 0 Å². The number of halogens is 1. The molecular formula is C14H22ClN3O2S. The van der Waals surface area contributed by atoms with Gasteiger partial charge in [0.2, 0.25) is 0 Å². The Hall–Kier alpha value is -0.820. The molecule has 0 aromatic heterocycles. The van der Waals surface area contributed by atoms with E-state index in [1.54, 1.807) is 11.4 Å². The van der Waals surface area contributed by atoms with Gasteiger partial charge in [0.05, 0.1) is 10.7 Å². The van der Waals surface area contributed by atoms with Gasteiger partial charge in [-0.1, -0.05) is 30.7 Å². The molecule has 1 aromatic rings. The van der Waals surface area contributed by atoms with E-state index < -0.39 is 10.2 Å². The van der Waals surface area contributed by atoms with Crippen LogP contribution in [0.1, 0.15) is 12.5 Å². The maximum atomic E-state index is 12.3. The molecule has 0 unspecified atom stereocenters. The molecule has 21 heavy (non-hydrogen) atoms. The minimum atomic E-state index is -3.33. The van der Waals surface area contributed by atoms with E-state index in [4.69, 9.17) is 11.6 Å². The van der Waals surface area contributed by atoms with Crippen molar-refractivity contribution in [2.75, 3.05) is 44.7 Å². The van der Waals surface area contributed by atoms with Crippen molar-refractivity contribution in [3.63, 3.8) is 0 Å². The molecule has 1 fully saturated rings. The largest absolute Gasteiger partial charge is 0.367 e. The van der Waals surface area contributed by atoms with Crippen molar-refractivity contribution in [2.24, 2.45) is 0 Å². The Balaban J connectivity index is 2.11. The number of piperazine rings is 1. The maximum Gasteiger partial charge on any atom is 0.281 e. The summed E-state index contributed by atoms with van der Waals surface area (Å²) in [5.74, 6) is 0. The highest BCUT2D eigenvalue weighted by molar-refractivity contribution is 7.86. The molecule has 1 saturated heterocycles. The number of benzene rings is 1. The van der Waals surface area contributed by atoms with Gasteiger partial charge in [-0.15, -0.1) is 0 Å². The standard InChI is InChI=1S/C14H22ClN3O2S/c1-4-16(3)21(19,20)18-10-8-17(9-11-18)14-12(2)6-5-7-13(14)15/h5-7H,4,8-11H2,1-3H3. The molecule has 0 saturated carbocycles. The third-order valence-corrected chi connectivity index (χ3v) is 6.28. The van der Waals surface area contributed by atoms with Gasteiger partial charge in [-0.25, -0.2) is 0 Å². The summed E-state index contributed by atoms with van der Waals surface area (Å²) in [7, 11) is -1.72. The fourth-order valence-electron chi connectivity index (χ4n) is 2.53. The summed E-state index contributed by atoms with van der Waals surface area (Å²) in [6, 6.07) is 5.82. The Kier molecular flexibility index (Phi) is 5.14. The second-order valence-electron chi connectivity index (χ2n) is 5.21. The van der Waals surface area contributed by atoms with E-state index in [0.29, 0.717) is 32.7 Å². The van der Waals surface area contributed by atoms with Gasteiger partial charge in [0.15, 0.2) is 0 Å². The zero-order valence-corrected chi connectivity index (χ0v) is 14.3. The van der Waals surface area contributed by atoms with Crippen molar-refractivity contribution in [1.29, 1.82) is 0 Å². The Morgan fingerprint density at radius 2 is 1.86 bits per heavy atom. The quantitative estimate of drug-likeness (QED) is 0.847. The van der Waals surface area contributed by atoms with Gasteiger partial charge >= 0.3 is 0 Å². The van der Waals surface area contributed by atoms with Crippen LogP contribution < -0.4 is 4.90 Å². The first kappa shape index (κ1) is 16.5. The van der Waals surface area contributed by atoms with Gasteiger partial charge in [0.1, 0.15) is 0 Å². The summed E-state index contributed by atoms with van der Waals surface area (Å²) in [4.78, 5) is 2.16. The lowest BCUT2D eigenvalue weighted by Crippen LogP contribution is -2.52. The summed E-state index contributed by atoms with van der Waals surface area (Å²) in [6.45, 7) is 6.61. The van der Waals surface area contributed by atoms with Gasteiger partial charge in [0, 0.05) is 39.8 Å². The number of aryl methyl sites for hydroxylation is 1. The molecule has 1 aliphatic rings. The molecule has 1 heterocycles. The summed E-state index contributed by atoms with van der Waals surface area (Å²) < 4.78 is 27.5. The smallest absolute Gasteiger partial charge is 0.281 e. The van der Waals surface area contributed by atoms with Crippen LogP contribution in [0.3, 0.4) is 0 Å². The lowest BCUT2D eigenvalue weighted by molar-refractivity contribution is 0.346. The first-order valence-corrected chi connectivity index (χ1v) is 8.87. The van der Waals surface area contributed by atoms with Crippen LogP contribution in [0.25, 0.3) is 0 Å². The lowest BCUT2D eigenvalue weighted by Gasteiger charge is -2.37. The molecule has 118 valence electrons. The van der Waals surface area contributed by atoms with E-state index in [9.17, 15) is 8.42 Å². The number of hydrogen-bond donors (Lipinski definition) is 0. The molecule has 5 nitrogen and oxygen atoms in total. The number of para-hydroxylation sites is 1. The van der Waals surface area contributed by atoms with Crippen LogP contribution in [0, 0.1) is 6.92 Å². The minimum absolute atomic E-state index is 0.478. The van der Waals surface area contributed by atoms with Crippen LogP contribution in [-0.2, 0) is 10.2 Å². The van der Waals surface area contributed by atoms with Gasteiger partial charge in [-0.05, 0) is 18.6 Å². The topological polar surface area (TPSA) is 43.9 Å². The van der Waals surface area contributed by atoms with Gasteiger partial charge < -0.3 is 4.90 Å². The highest BCUT2D eigenvalue weighted by Gasteiger charge is 2.30. The van der Waals surface area contributed by atoms with Crippen molar-refractivity contribution in [2.45, 2.75) is 13.8 Å². The van der Waals surface area contributed by atoms with Crippen LogP contribution in [0.4, 0.5) is 5.69 Å². The summed E-state index contributed by atoms with van der Waals surface area (Å²) in [6.07, 6.45) is 0. The Morgan fingerprint density at radius 3 is 2.38 bits per heavy atom. The highest BCUT2D eigenvalue weighted by atomic mass is 35.5. The zero-order valence-electron chi connectivity index (χ0n) is 12.7. The van der Waals surface area contributed by atoms with Crippen molar-refractivity contribution < 1.29 is 8.42 Å². The number of hydrogen-bond acceptors (Lipinski definition) is 3. The van der Waals surface area contributed by atoms with Crippen LogP contribution in [0.2, 0.25) is 5.02 Å². The Morgan fingerprint density at radius 1 is 1.24 bits per heavy atom. The van der Waals surface area contributed by atoms with Crippen LogP contribution >= 0.6 is 11.6 Å². The number of nitrogens with zero attached hydrogens (tertiary/aromatic N) is 3. The molecule has 0 aliphatic carbocycles. The lowest BCUT2D eigenvalue weighted by atomic mass is 10.1. The maximum absolute atomic E-state index is 12.3. The molecule has 0 N–H and O–H groups in total. The Bertz CT molecular complexity index is 578. The van der Waals surface area contributed by atoms with E-state index in [2.05, 4.69) is 4.90 Å². The molecule has 0 spiro atoms. The van der Waals surface area contributed by atoms with Crippen LogP contribution in [0.15, 0.2) is 18.2 Å². The normalized spacial score (nSPS) is 17.5. The molecule has 1 aromatic carbocycles. The average molecular weight is 332 g/mol. The van der Waals surface area contributed by atoms with E-state index >= 15 is 0 Å². The van der Waals surface area contributed by atoms with E-state index in [0.717, 1.165) is 16.3 Å². The van der Waals surface area contributed by atoms with E-state index in [-0.39, 0.29) is 0 Å². The average Bonchev–Trinajstić information content (AvgIpc) is 2.46. The Labute approximate surface area is 132 Å². The fourth-order valence-corrected chi connectivity index (χ4v) is 4.21. The molecule has 0 bridgehead atoms. The van der Waals surface area contributed by atoms with Crippen molar-refractivity contribution >= 4 is 27.5 Å². The first-order valence-electron chi connectivity index (χ1n) is 7.09. The molecule has 2 rings (SSSR count). The zero-order chi connectivity index (χ0) is 15.6. The third-order valence-electron chi connectivity index (χ3n) is 3.91. The predicted octanol–water partition coefficient (Wildman–Crippen LogP) is 1.97. The van der Waals surface area contributed by atoms with Crippen LogP contribution in [0.5, 0.6) is 0 Å². The second kappa shape index (κ2) is 6.52. The molecule has 0 atom stereocenters. The highest BCUT2D eigenvalue weighted by Crippen LogP contribution is 2.30. The molecule has 7 heteroatoms. The van der Waals surface area contributed by atoms with E-state index in [1.165, 1.54) is 4.31 Å². The first-order chi connectivity index (χ1) is 9.87. The van der Waals surface area contributed by atoms with Crippen molar-refractivity contribution in [1.82, 2.24) is 8.61 Å². The molecule has 0 amide bonds. The van der Waals surface area contributed by atoms with E-state index in [1.807, 2.05) is 32.0 Å². The minimum Gasteiger partial charge on any atom is -0.367 e. The summed E-state index contributed by atoms with van der Waals surface area (Å²) >= 11 is 6.28. The van der Waals surface area contributed by atoms with Crippen LogP contribution in [-0.4, -0.2) is 56.8 Å². The SMILES string of the molecule is CCN(C)S(=O)(=O)N1CCN(c2c(C)cccc2Cl)CC1. The summed E-state index contributed by atoms with van der Waals surface area (Å²) in [5, 5.41) is 0.719. The van der Waals surface area contributed by atoms with Gasteiger partial charge in [-0.3, -0.25) is 0 Å². The van der Waals surface area contributed by atoms with Gasteiger partial charge in [0.25, 0.3) is 10.2 Å². The third kappa shape index (κ3) is 3.34. The molecule has 0 radical (unpaired) electrons. The molecule has 1 aliphatic heterocycles.